The van der Waals surface area contributed by atoms with E-state index in [1.54, 1.807) is 0 Å². The Morgan fingerprint density at radius 3 is 2.27 bits per heavy atom. The highest BCUT2D eigenvalue weighted by molar-refractivity contribution is 5.15. The minimum absolute atomic E-state index is 0.115. The zero-order chi connectivity index (χ0) is 11.0. The minimum Gasteiger partial charge on any atom is -0.368 e. The first kappa shape index (κ1) is 10.1. The molecule has 0 radical (unpaired) electrons. The van der Waals surface area contributed by atoms with E-state index in [1.807, 2.05) is 13.8 Å². The highest BCUT2D eigenvalue weighted by Crippen LogP contribution is 2.56. The third-order valence-electron chi connectivity index (χ3n) is 4.43. The van der Waals surface area contributed by atoms with Crippen molar-refractivity contribution in [1.29, 1.82) is 0 Å². The highest BCUT2D eigenvalue weighted by Gasteiger charge is 2.69. The summed E-state index contributed by atoms with van der Waals surface area (Å²) in [6.07, 6.45) is 0.532. The smallest absolute Gasteiger partial charge is 0.164 e. The quantitative estimate of drug-likeness (QED) is 0.614. The second-order valence-electron chi connectivity index (χ2n) is 5.96. The fourth-order valence-electron chi connectivity index (χ4n) is 3.64. The Kier molecular flexibility index (Phi) is 1.73. The van der Waals surface area contributed by atoms with Crippen LogP contribution in [-0.4, -0.2) is 29.7 Å². The number of hydrogen-bond donors (Lipinski definition) is 0. The van der Waals surface area contributed by atoms with Gasteiger partial charge in [0.1, 0.15) is 11.7 Å². The van der Waals surface area contributed by atoms with E-state index in [-0.39, 0.29) is 23.9 Å². The molecule has 6 unspecified atom stereocenters. The molecule has 3 saturated heterocycles. The average Bonchev–Trinajstić information content (AvgIpc) is 2.59. The molecule has 3 rings (SSSR count). The summed E-state index contributed by atoms with van der Waals surface area (Å²) in [7, 11) is 0. The van der Waals surface area contributed by atoms with Gasteiger partial charge in [0.2, 0.25) is 0 Å². The number of ether oxygens (including phenoxy) is 3. The maximum absolute atomic E-state index is 6.07. The van der Waals surface area contributed by atoms with Crippen molar-refractivity contribution in [1.82, 2.24) is 0 Å². The molecular formula is C12H20O3. The summed E-state index contributed by atoms with van der Waals surface area (Å²) in [4.78, 5) is 0. The second kappa shape index (κ2) is 2.58. The van der Waals surface area contributed by atoms with Crippen molar-refractivity contribution in [2.75, 3.05) is 0 Å². The van der Waals surface area contributed by atoms with Gasteiger partial charge in [-0.15, -0.1) is 0 Å². The number of hydrogen-bond acceptors (Lipinski definition) is 3. The van der Waals surface area contributed by atoms with Gasteiger partial charge in [0, 0.05) is 0 Å². The maximum atomic E-state index is 6.07. The lowest BCUT2D eigenvalue weighted by atomic mass is 9.72. The highest BCUT2D eigenvalue weighted by atomic mass is 16.8. The Morgan fingerprint density at radius 1 is 0.933 bits per heavy atom. The molecule has 3 aliphatic rings. The molecule has 0 N–H and O–H groups in total. The standard InChI is InChI=1S/C12H20O3/c1-6-7(2)9-12(5)10(8(6)13-9)14-11(3,4)15-12/h6-10H,1-5H3. The Bertz CT molecular complexity index is 301. The van der Waals surface area contributed by atoms with Crippen molar-refractivity contribution in [3.8, 4) is 0 Å². The molecule has 2 bridgehead atoms. The van der Waals surface area contributed by atoms with Crippen molar-refractivity contribution in [2.24, 2.45) is 11.8 Å². The van der Waals surface area contributed by atoms with Crippen LogP contribution in [0.2, 0.25) is 0 Å². The third-order valence-corrected chi connectivity index (χ3v) is 4.43. The van der Waals surface area contributed by atoms with Gasteiger partial charge in [0.25, 0.3) is 0 Å². The van der Waals surface area contributed by atoms with Gasteiger partial charge in [0.05, 0.1) is 12.2 Å². The average molecular weight is 212 g/mol. The summed E-state index contributed by atoms with van der Waals surface area (Å²) in [6.45, 7) is 10.6. The van der Waals surface area contributed by atoms with Crippen LogP contribution in [0.5, 0.6) is 0 Å². The van der Waals surface area contributed by atoms with Crippen molar-refractivity contribution in [2.45, 2.75) is 64.3 Å². The van der Waals surface area contributed by atoms with Gasteiger partial charge in [-0.05, 0) is 32.6 Å². The van der Waals surface area contributed by atoms with Crippen molar-refractivity contribution >= 4 is 0 Å². The maximum Gasteiger partial charge on any atom is 0.164 e. The number of rotatable bonds is 0. The molecule has 15 heavy (non-hydrogen) atoms. The van der Waals surface area contributed by atoms with Crippen LogP contribution in [0.1, 0.15) is 34.6 Å². The predicted molar refractivity (Wildman–Crippen MR) is 55.4 cm³/mol. The zero-order valence-corrected chi connectivity index (χ0v) is 10.1. The first-order valence-electron chi connectivity index (χ1n) is 5.88. The fraction of sp³-hybridized carbons (Fsp3) is 1.00. The first-order valence-corrected chi connectivity index (χ1v) is 5.88. The largest absolute Gasteiger partial charge is 0.368 e. The first-order chi connectivity index (χ1) is 6.85. The lowest BCUT2D eigenvalue weighted by Crippen LogP contribution is -2.52. The van der Waals surface area contributed by atoms with Gasteiger partial charge in [-0.3, -0.25) is 0 Å². The monoisotopic (exact) mass is 212 g/mol. The Balaban J connectivity index is 1.98. The molecule has 6 atom stereocenters. The fourth-order valence-corrected chi connectivity index (χ4v) is 3.64. The molecule has 3 aliphatic heterocycles. The van der Waals surface area contributed by atoms with E-state index in [2.05, 4.69) is 20.8 Å². The van der Waals surface area contributed by atoms with Gasteiger partial charge in [0.15, 0.2) is 5.79 Å². The minimum atomic E-state index is -0.455. The van der Waals surface area contributed by atoms with E-state index in [4.69, 9.17) is 14.2 Å². The van der Waals surface area contributed by atoms with Crippen LogP contribution < -0.4 is 0 Å². The molecule has 0 aromatic rings. The lowest BCUT2D eigenvalue weighted by Gasteiger charge is -2.36. The van der Waals surface area contributed by atoms with Gasteiger partial charge in [-0.2, -0.15) is 0 Å². The molecule has 0 aromatic carbocycles. The molecule has 3 heterocycles. The van der Waals surface area contributed by atoms with Crippen molar-refractivity contribution < 1.29 is 14.2 Å². The summed E-state index contributed by atoms with van der Waals surface area (Å²) < 4.78 is 18.1. The van der Waals surface area contributed by atoms with Crippen LogP contribution >= 0.6 is 0 Å². The van der Waals surface area contributed by atoms with Gasteiger partial charge < -0.3 is 14.2 Å². The predicted octanol–water partition coefficient (Wildman–Crippen LogP) is 1.95. The van der Waals surface area contributed by atoms with Crippen LogP contribution in [0.4, 0.5) is 0 Å². The SMILES string of the molecule is CC1C(C)C2OC1C1OC(C)(C)OC21C. The van der Waals surface area contributed by atoms with Crippen molar-refractivity contribution in [3.05, 3.63) is 0 Å². The van der Waals surface area contributed by atoms with Gasteiger partial charge in [-0.25, -0.2) is 0 Å². The molecule has 0 saturated carbocycles. The van der Waals surface area contributed by atoms with Crippen LogP contribution in [-0.2, 0) is 14.2 Å². The van der Waals surface area contributed by atoms with E-state index < -0.39 is 5.79 Å². The van der Waals surface area contributed by atoms with E-state index in [9.17, 15) is 0 Å². The normalized spacial score (nSPS) is 61.0. The molecule has 3 nitrogen and oxygen atoms in total. The van der Waals surface area contributed by atoms with E-state index in [1.165, 1.54) is 0 Å². The molecule has 3 fully saturated rings. The summed E-state index contributed by atoms with van der Waals surface area (Å²) in [6, 6.07) is 0. The summed E-state index contributed by atoms with van der Waals surface area (Å²) in [5.74, 6) is 0.683. The molecule has 3 heteroatoms. The van der Waals surface area contributed by atoms with Crippen LogP contribution in [0.3, 0.4) is 0 Å². The Hall–Kier alpha value is -0.120. The topological polar surface area (TPSA) is 27.7 Å². The molecule has 0 amide bonds. The molecular weight excluding hydrogens is 192 g/mol. The van der Waals surface area contributed by atoms with E-state index >= 15 is 0 Å². The van der Waals surface area contributed by atoms with Crippen LogP contribution in [0.25, 0.3) is 0 Å². The summed E-state index contributed by atoms with van der Waals surface area (Å²) >= 11 is 0. The summed E-state index contributed by atoms with van der Waals surface area (Å²) in [5.41, 5.74) is -0.236. The number of fused-ring (bicyclic) bond motifs is 5. The molecule has 0 aromatic heterocycles. The summed E-state index contributed by atoms with van der Waals surface area (Å²) in [5, 5.41) is 0. The van der Waals surface area contributed by atoms with Crippen molar-refractivity contribution in [3.63, 3.8) is 0 Å². The van der Waals surface area contributed by atoms with E-state index in [0.29, 0.717) is 11.8 Å². The second-order valence-corrected chi connectivity index (χ2v) is 5.96. The molecule has 86 valence electrons. The third kappa shape index (κ3) is 1.07. The molecule has 0 aliphatic carbocycles. The van der Waals surface area contributed by atoms with Crippen LogP contribution in [0, 0.1) is 11.8 Å². The van der Waals surface area contributed by atoms with E-state index in [0.717, 1.165) is 0 Å². The van der Waals surface area contributed by atoms with Gasteiger partial charge in [-0.1, -0.05) is 13.8 Å². The van der Waals surface area contributed by atoms with Gasteiger partial charge >= 0.3 is 0 Å². The Morgan fingerprint density at radius 2 is 1.60 bits per heavy atom. The van der Waals surface area contributed by atoms with Crippen LogP contribution in [0.15, 0.2) is 0 Å². The lowest BCUT2D eigenvalue weighted by molar-refractivity contribution is -0.195. The molecule has 0 spiro atoms. The Labute approximate surface area is 91.1 Å². The zero-order valence-electron chi connectivity index (χ0n) is 10.1.